The van der Waals surface area contributed by atoms with Crippen molar-refractivity contribution in [2.24, 2.45) is 50.2 Å². The maximum Gasteiger partial charge on any atom is 0.422 e. The molecule has 0 heterocycles. The normalized spacial score (nSPS) is 46.8. The molecule has 0 aromatic rings. The van der Waals surface area contributed by atoms with Gasteiger partial charge in [0.1, 0.15) is 5.60 Å². The van der Waals surface area contributed by atoms with Gasteiger partial charge in [-0.25, -0.2) is 10.2 Å². The number of carboxylic acids is 2. The molecule has 5 aliphatic rings. The molecule has 0 aromatic heterocycles. The van der Waals surface area contributed by atoms with Crippen LogP contribution in [0.4, 0.5) is 4.79 Å². The van der Waals surface area contributed by atoms with Crippen molar-refractivity contribution in [2.75, 3.05) is 0 Å². The molecule has 246 valence electrons. The number of allylic oxidation sites excluding steroid dienone is 2. The first-order valence-corrected chi connectivity index (χ1v) is 16.5. The van der Waals surface area contributed by atoms with Crippen molar-refractivity contribution >= 4 is 23.8 Å². The maximum atomic E-state index is 14.5. The van der Waals surface area contributed by atoms with Gasteiger partial charge in [-0.3, -0.25) is 19.8 Å². The van der Waals surface area contributed by atoms with Gasteiger partial charge in [-0.2, -0.15) is 0 Å². The second-order valence-electron chi connectivity index (χ2n) is 17.5. The smallest absolute Gasteiger partial charge is 0.422 e. The second-order valence-corrected chi connectivity index (χ2v) is 17.5. The Balaban J connectivity index is 1.51. The molecule has 0 aromatic carbocycles. The fraction of sp³-hybridized carbons (Fsp3) is 0.829. The van der Waals surface area contributed by atoms with Crippen LogP contribution in [-0.2, 0) is 19.1 Å². The van der Waals surface area contributed by atoms with E-state index in [1.165, 1.54) is 0 Å². The minimum absolute atomic E-state index is 0.0301. The first-order valence-electron chi connectivity index (χ1n) is 16.5. The number of amides is 1. The largest absolute Gasteiger partial charge is 0.481 e. The third-order valence-corrected chi connectivity index (χ3v) is 14.0. The Bertz CT molecular complexity index is 1300. The fourth-order valence-corrected chi connectivity index (χ4v) is 11.0. The van der Waals surface area contributed by atoms with Gasteiger partial charge in [-0.05, 0) is 132 Å². The van der Waals surface area contributed by atoms with Gasteiger partial charge in [0.2, 0.25) is 0 Å². The Hall–Kier alpha value is -2.42. The van der Waals surface area contributed by atoms with Crippen molar-refractivity contribution in [1.82, 2.24) is 10.9 Å². The summed E-state index contributed by atoms with van der Waals surface area (Å²) in [5, 5.41) is 20.9. The Labute approximate surface area is 262 Å². The summed E-state index contributed by atoms with van der Waals surface area (Å²) in [5.41, 5.74) is 2.76. The molecular weight excluding hydrogens is 560 g/mol. The molecule has 0 unspecified atom stereocenters. The van der Waals surface area contributed by atoms with Crippen molar-refractivity contribution in [3.05, 3.63) is 11.6 Å². The lowest BCUT2D eigenvalue weighted by atomic mass is 9.33. The summed E-state index contributed by atoms with van der Waals surface area (Å²) >= 11 is 0. The topological polar surface area (TPSA) is 142 Å². The molecule has 10 atom stereocenters. The quantitative estimate of drug-likeness (QED) is 0.263. The molecule has 0 saturated heterocycles. The Morgan fingerprint density at radius 2 is 1.52 bits per heavy atom. The predicted octanol–water partition coefficient (Wildman–Crippen LogP) is 6.51. The molecule has 5 rings (SSSR count). The third kappa shape index (κ3) is 4.57. The van der Waals surface area contributed by atoms with Gasteiger partial charge in [0, 0.05) is 12.0 Å². The lowest BCUT2D eigenvalue weighted by Crippen LogP contribution is -2.70. The number of carboxylic acid groups (broad SMARTS) is 2. The van der Waals surface area contributed by atoms with E-state index in [-0.39, 0.29) is 39.8 Å². The summed E-state index contributed by atoms with van der Waals surface area (Å²) in [7, 11) is 0. The minimum Gasteiger partial charge on any atom is -0.481 e. The van der Waals surface area contributed by atoms with E-state index >= 15 is 0 Å². The summed E-state index contributed by atoms with van der Waals surface area (Å²) in [4.78, 5) is 52.5. The zero-order valence-corrected chi connectivity index (χ0v) is 28.2. The van der Waals surface area contributed by atoms with Crippen LogP contribution < -0.4 is 10.9 Å². The summed E-state index contributed by atoms with van der Waals surface area (Å²) in [6, 6.07) is -0.540. The maximum absolute atomic E-state index is 14.5. The Kier molecular flexibility index (Phi) is 7.52. The summed E-state index contributed by atoms with van der Waals surface area (Å²) in [6.45, 7) is 17.9. The number of hydrogen-bond donors (Lipinski definition) is 4. The fourth-order valence-electron chi connectivity index (χ4n) is 11.0. The van der Waals surface area contributed by atoms with Crippen LogP contribution >= 0.6 is 0 Å². The van der Waals surface area contributed by atoms with Gasteiger partial charge in [-0.15, -0.1) is 0 Å². The number of fused-ring (bicyclic) bond motifs is 7. The van der Waals surface area contributed by atoms with Crippen molar-refractivity contribution in [1.29, 1.82) is 0 Å². The second kappa shape index (κ2) is 10.0. The van der Waals surface area contributed by atoms with Crippen molar-refractivity contribution in [3.8, 4) is 0 Å². The first-order chi connectivity index (χ1) is 20.1. The third-order valence-electron chi connectivity index (χ3n) is 14.0. The standard InChI is InChI=1S/C35H54N2O7/c1-29(2,3)44-28(43)37-36-24-11-12-32(6)23(35(24,9)27(41)42)10-13-34(8)25(32)22(38)18-20-21-19-31(5,26(39)40)15-14-30(21,4)16-17-33(20,34)7/h18,21,23-25,36H,10-17,19H2,1-9H3,(H,37,43)(H,39,40)(H,41,42)/t21-,23+,24-,25+,30+,31-,32-,33+,34+,35-/m0/s1. The van der Waals surface area contributed by atoms with Crippen LogP contribution in [0.3, 0.4) is 0 Å². The number of carbonyl (C=O) groups is 4. The average molecular weight is 615 g/mol. The molecule has 9 heteroatoms. The minimum atomic E-state index is -1.23. The highest BCUT2D eigenvalue weighted by molar-refractivity contribution is 5.96. The number of nitrogens with one attached hydrogen (secondary N) is 2. The van der Waals surface area contributed by atoms with Gasteiger partial charge >= 0.3 is 18.0 Å². The highest BCUT2D eigenvalue weighted by Crippen LogP contribution is 2.75. The van der Waals surface area contributed by atoms with E-state index in [1.807, 2.05) is 13.0 Å². The summed E-state index contributed by atoms with van der Waals surface area (Å²) < 4.78 is 5.37. The Morgan fingerprint density at radius 3 is 2.11 bits per heavy atom. The van der Waals surface area contributed by atoms with E-state index in [0.29, 0.717) is 38.5 Å². The average Bonchev–Trinajstić information content (AvgIpc) is 2.89. The Morgan fingerprint density at radius 1 is 0.886 bits per heavy atom. The predicted molar refractivity (Wildman–Crippen MR) is 165 cm³/mol. The van der Waals surface area contributed by atoms with Gasteiger partial charge in [0.15, 0.2) is 5.78 Å². The van der Waals surface area contributed by atoms with Crippen LogP contribution in [-0.4, -0.2) is 45.7 Å². The zero-order valence-electron chi connectivity index (χ0n) is 28.2. The van der Waals surface area contributed by atoms with Crippen LogP contribution in [0.5, 0.6) is 0 Å². The molecule has 44 heavy (non-hydrogen) atoms. The lowest BCUT2D eigenvalue weighted by molar-refractivity contribution is -0.202. The molecule has 0 radical (unpaired) electrons. The molecule has 0 spiro atoms. The van der Waals surface area contributed by atoms with E-state index in [1.54, 1.807) is 27.7 Å². The molecule has 0 bridgehead atoms. The van der Waals surface area contributed by atoms with Gasteiger partial charge < -0.3 is 14.9 Å². The number of ketones is 1. The molecule has 0 aliphatic heterocycles. The SMILES string of the molecule is CC(C)(C)OC(=O)NN[C@H]1CC[C@@]2(C)[C@@H](CC[C@]3(C)[C@@H]2C(=O)C=C2[C@@H]4C[C@@](C)(C(=O)O)CC[C@]4(C)CC[C@]23C)[C@]1(C)C(=O)O. The summed E-state index contributed by atoms with van der Waals surface area (Å²) in [6.07, 6.45) is 7.70. The van der Waals surface area contributed by atoms with Crippen LogP contribution in [0.1, 0.15) is 120 Å². The molecule has 1 amide bonds. The number of hydrazine groups is 1. The van der Waals surface area contributed by atoms with Crippen molar-refractivity contribution in [2.45, 2.75) is 132 Å². The molecular formula is C35H54N2O7. The van der Waals surface area contributed by atoms with Crippen LogP contribution in [0.25, 0.3) is 0 Å². The molecule has 5 aliphatic carbocycles. The van der Waals surface area contributed by atoms with Crippen molar-refractivity contribution < 1.29 is 34.1 Å². The van der Waals surface area contributed by atoms with Gasteiger partial charge in [0.25, 0.3) is 0 Å². The van der Waals surface area contributed by atoms with E-state index < -0.39 is 45.9 Å². The monoisotopic (exact) mass is 614 g/mol. The van der Waals surface area contributed by atoms with Crippen molar-refractivity contribution in [3.63, 3.8) is 0 Å². The van der Waals surface area contributed by atoms with Crippen LogP contribution in [0, 0.1) is 50.2 Å². The van der Waals surface area contributed by atoms with Crippen LogP contribution in [0.2, 0.25) is 0 Å². The molecule has 9 nitrogen and oxygen atoms in total. The number of hydrogen-bond acceptors (Lipinski definition) is 6. The van der Waals surface area contributed by atoms with E-state index in [0.717, 1.165) is 24.8 Å². The number of carbonyl (C=O) groups excluding carboxylic acids is 2. The highest BCUT2D eigenvalue weighted by Gasteiger charge is 2.72. The first kappa shape index (κ1) is 33.0. The molecule has 4 fully saturated rings. The lowest BCUT2D eigenvalue weighted by Gasteiger charge is -2.70. The van der Waals surface area contributed by atoms with E-state index in [4.69, 9.17) is 4.74 Å². The summed E-state index contributed by atoms with van der Waals surface area (Å²) in [5.74, 6) is -2.23. The number of ether oxygens (including phenoxy) is 1. The molecule has 4 N–H and O–H groups in total. The number of rotatable bonds is 4. The van der Waals surface area contributed by atoms with E-state index in [2.05, 4.69) is 38.5 Å². The van der Waals surface area contributed by atoms with Crippen LogP contribution in [0.15, 0.2) is 11.6 Å². The highest BCUT2D eigenvalue weighted by atomic mass is 16.6. The van der Waals surface area contributed by atoms with Gasteiger partial charge in [0.05, 0.1) is 10.8 Å². The molecule has 4 saturated carbocycles. The van der Waals surface area contributed by atoms with Gasteiger partial charge in [-0.1, -0.05) is 33.3 Å². The number of aliphatic carboxylic acids is 2. The zero-order chi connectivity index (χ0) is 32.9. The van der Waals surface area contributed by atoms with E-state index in [9.17, 15) is 29.4 Å².